The highest BCUT2D eigenvalue weighted by atomic mass is 32.2. The van der Waals surface area contributed by atoms with Gasteiger partial charge >= 0.3 is 5.69 Å². The van der Waals surface area contributed by atoms with E-state index in [1.807, 2.05) is 0 Å². The molecule has 0 aliphatic carbocycles. The van der Waals surface area contributed by atoms with Crippen LogP contribution in [0.5, 0.6) is 0 Å². The van der Waals surface area contributed by atoms with Crippen LogP contribution in [0, 0.1) is 16.0 Å². The summed E-state index contributed by atoms with van der Waals surface area (Å²) in [5, 5.41) is 10.6. The maximum Gasteiger partial charge on any atom is 0.300 e. The summed E-state index contributed by atoms with van der Waals surface area (Å²) in [7, 11) is 0. The maximum atomic E-state index is 10.6. The number of rotatable bonds is 4. The van der Waals surface area contributed by atoms with E-state index in [9.17, 15) is 10.1 Å². The van der Waals surface area contributed by atoms with Crippen LogP contribution in [0.15, 0.2) is 23.4 Å². The fraction of sp³-hybridized carbons (Fsp3) is 0.444. The van der Waals surface area contributed by atoms with Gasteiger partial charge in [-0.05, 0) is 12.0 Å². The lowest BCUT2D eigenvalue weighted by atomic mass is 10.3. The van der Waals surface area contributed by atoms with Gasteiger partial charge in [-0.3, -0.25) is 15.1 Å². The van der Waals surface area contributed by atoms with Gasteiger partial charge in [0.1, 0.15) is 6.20 Å². The predicted molar refractivity (Wildman–Crippen MR) is 56.5 cm³/mol. The maximum absolute atomic E-state index is 10.6. The number of hydrogen-bond donors (Lipinski definition) is 0. The summed E-state index contributed by atoms with van der Waals surface area (Å²) in [6, 6.07) is 1.69. The molecule has 0 saturated heterocycles. The normalized spacial score (nSPS) is 10.5. The molecule has 0 aromatic carbocycles. The van der Waals surface area contributed by atoms with Crippen LogP contribution in [-0.4, -0.2) is 15.7 Å². The van der Waals surface area contributed by atoms with Crippen LogP contribution in [0.1, 0.15) is 13.8 Å². The molecule has 0 amide bonds. The van der Waals surface area contributed by atoms with E-state index in [2.05, 4.69) is 18.8 Å². The summed E-state index contributed by atoms with van der Waals surface area (Å²) in [5.41, 5.74) is 0.0955. The molecule has 0 atom stereocenters. The highest BCUT2D eigenvalue weighted by molar-refractivity contribution is 7.99. The lowest BCUT2D eigenvalue weighted by molar-refractivity contribution is -0.388. The SMILES string of the molecule is CC(C)CSc1ccncc1[N+](=O)[O-]. The van der Waals surface area contributed by atoms with Gasteiger partial charge in [-0.25, -0.2) is 0 Å². The average molecular weight is 212 g/mol. The lowest BCUT2D eigenvalue weighted by Crippen LogP contribution is -1.95. The minimum atomic E-state index is -0.393. The van der Waals surface area contributed by atoms with Crippen molar-refractivity contribution < 1.29 is 4.92 Å². The second-order valence-electron chi connectivity index (χ2n) is 3.31. The van der Waals surface area contributed by atoms with Crippen LogP contribution in [0.25, 0.3) is 0 Å². The van der Waals surface area contributed by atoms with Gasteiger partial charge in [-0.2, -0.15) is 0 Å². The van der Waals surface area contributed by atoms with Crippen molar-refractivity contribution in [1.82, 2.24) is 4.98 Å². The number of thioether (sulfide) groups is 1. The molecule has 0 spiro atoms. The molecule has 0 aliphatic heterocycles. The van der Waals surface area contributed by atoms with Crippen molar-refractivity contribution in [3.63, 3.8) is 0 Å². The van der Waals surface area contributed by atoms with E-state index in [1.165, 1.54) is 18.0 Å². The molecule has 1 heterocycles. The topological polar surface area (TPSA) is 56.0 Å². The lowest BCUT2D eigenvalue weighted by Gasteiger charge is -2.04. The molecule has 0 unspecified atom stereocenters. The van der Waals surface area contributed by atoms with Gasteiger partial charge in [0.05, 0.1) is 9.82 Å². The largest absolute Gasteiger partial charge is 0.300 e. The molecule has 0 fully saturated rings. The fourth-order valence-corrected chi connectivity index (χ4v) is 1.83. The van der Waals surface area contributed by atoms with Gasteiger partial charge in [-0.15, -0.1) is 11.8 Å². The smallest absolute Gasteiger partial charge is 0.258 e. The van der Waals surface area contributed by atoms with E-state index in [4.69, 9.17) is 0 Å². The van der Waals surface area contributed by atoms with Crippen molar-refractivity contribution in [2.75, 3.05) is 5.75 Å². The molecule has 0 saturated carbocycles. The zero-order chi connectivity index (χ0) is 10.6. The standard InChI is InChI=1S/C9H12N2O2S/c1-7(2)6-14-9-3-4-10-5-8(9)11(12)13/h3-5,7H,6H2,1-2H3. The van der Waals surface area contributed by atoms with Crippen molar-refractivity contribution in [1.29, 1.82) is 0 Å². The molecule has 0 N–H and O–H groups in total. The first-order valence-electron chi connectivity index (χ1n) is 4.32. The van der Waals surface area contributed by atoms with Gasteiger partial charge in [-0.1, -0.05) is 13.8 Å². The van der Waals surface area contributed by atoms with Crippen molar-refractivity contribution in [2.24, 2.45) is 5.92 Å². The molecular weight excluding hydrogens is 200 g/mol. The first-order valence-corrected chi connectivity index (χ1v) is 5.31. The Morgan fingerprint density at radius 3 is 2.93 bits per heavy atom. The summed E-state index contributed by atoms with van der Waals surface area (Å²) in [4.78, 5) is 14.7. The van der Waals surface area contributed by atoms with E-state index in [1.54, 1.807) is 12.3 Å². The molecule has 0 bridgehead atoms. The van der Waals surface area contributed by atoms with Gasteiger partial charge in [0.25, 0.3) is 0 Å². The number of aromatic nitrogens is 1. The van der Waals surface area contributed by atoms with Crippen LogP contribution in [0.2, 0.25) is 0 Å². The van der Waals surface area contributed by atoms with Crippen molar-refractivity contribution >= 4 is 17.4 Å². The molecule has 4 nitrogen and oxygen atoms in total. The van der Waals surface area contributed by atoms with Crippen molar-refractivity contribution in [3.8, 4) is 0 Å². The number of pyridine rings is 1. The minimum absolute atomic E-state index is 0.0955. The number of nitrogens with zero attached hydrogens (tertiary/aromatic N) is 2. The van der Waals surface area contributed by atoms with Gasteiger partial charge in [0.15, 0.2) is 0 Å². The Labute approximate surface area is 86.9 Å². The van der Waals surface area contributed by atoms with Gasteiger partial charge < -0.3 is 0 Å². The molecular formula is C9H12N2O2S. The van der Waals surface area contributed by atoms with Crippen LogP contribution in [0.3, 0.4) is 0 Å². The molecule has 0 radical (unpaired) electrons. The van der Waals surface area contributed by atoms with Gasteiger partial charge in [0, 0.05) is 11.9 Å². The zero-order valence-electron chi connectivity index (χ0n) is 8.14. The first kappa shape index (κ1) is 11.0. The average Bonchev–Trinajstić information content (AvgIpc) is 2.15. The molecule has 14 heavy (non-hydrogen) atoms. The Bertz CT molecular complexity index is 328. The predicted octanol–water partition coefficient (Wildman–Crippen LogP) is 2.74. The second kappa shape index (κ2) is 4.95. The fourth-order valence-electron chi connectivity index (χ4n) is 0.889. The molecule has 1 aromatic heterocycles. The van der Waals surface area contributed by atoms with E-state index in [0.717, 1.165) is 5.75 Å². The Balaban J connectivity index is 2.79. The minimum Gasteiger partial charge on any atom is -0.258 e. The number of hydrogen-bond acceptors (Lipinski definition) is 4. The van der Waals surface area contributed by atoms with Crippen LogP contribution in [0.4, 0.5) is 5.69 Å². The monoisotopic (exact) mass is 212 g/mol. The zero-order valence-corrected chi connectivity index (χ0v) is 8.95. The molecule has 0 aliphatic rings. The summed E-state index contributed by atoms with van der Waals surface area (Å²) in [6.07, 6.45) is 2.87. The van der Waals surface area contributed by atoms with E-state index < -0.39 is 4.92 Å². The quantitative estimate of drug-likeness (QED) is 0.437. The van der Waals surface area contributed by atoms with E-state index in [-0.39, 0.29) is 5.69 Å². The van der Waals surface area contributed by atoms with Crippen LogP contribution >= 0.6 is 11.8 Å². The van der Waals surface area contributed by atoms with Crippen LogP contribution in [-0.2, 0) is 0 Å². The first-order chi connectivity index (χ1) is 6.61. The molecule has 76 valence electrons. The number of nitro groups is 1. The highest BCUT2D eigenvalue weighted by Gasteiger charge is 2.13. The molecule has 1 rings (SSSR count). The second-order valence-corrected chi connectivity index (χ2v) is 4.37. The third-order valence-corrected chi connectivity index (χ3v) is 3.02. The Hall–Kier alpha value is -1.10. The van der Waals surface area contributed by atoms with Crippen molar-refractivity contribution in [3.05, 3.63) is 28.6 Å². The summed E-state index contributed by atoms with van der Waals surface area (Å²) >= 11 is 1.50. The van der Waals surface area contributed by atoms with Crippen LogP contribution < -0.4 is 0 Å². The third kappa shape index (κ3) is 2.99. The Kier molecular flexibility index (Phi) is 3.88. The van der Waals surface area contributed by atoms with E-state index >= 15 is 0 Å². The molecule has 1 aromatic rings. The summed E-state index contributed by atoms with van der Waals surface area (Å²) in [6.45, 7) is 4.17. The third-order valence-electron chi connectivity index (χ3n) is 1.53. The molecule has 5 heteroatoms. The van der Waals surface area contributed by atoms with Gasteiger partial charge in [0.2, 0.25) is 0 Å². The van der Waals surface area contributed by atoms with Crippen molar-refractivity contribution in [2.45, 2.75) is 18.7 Å². The van der Waals surface area contributed by atoms with E-state index in [0.29, 0.717) is 10.8 Å². The summed E-state index contributed by atoms with van der Waals surface area (Å²) in [5.74, 6) is 1.40. The Morgan fingerprint density at radius 2 is 2.36 bits per heavy atom. The summed E-state index contributed by atoms with van der Waals surface area (Å²) < 4.78 is 0. The highest BCUT2D eigenvalue weighted by Crippen LogP contribution is 2.28. The Morgan fingerprint density at radius 1 is 1.64 bits per heavy atom.